The molecule has 0 bridgehead atoms. The number of likely N-dealkylation sites (N-methyl/N-ethyl adjacent to an activating group) is 1. The molecule has 1 N–H and O–H groups in total. The summed E-state index contributed by atoms with van der Waals surface area (Å²) in [5.41, 5.74) is 1.11. The lowest BCUT2D eigenvalue weighted by Crippen LogP contribution is -2.35. The maximum absolute atomic E-state index is 11.9. The molecule has 21 heavy (non-hydrogen) atoms. The summed E-state index contributed by atoms with van der Waals surface area (Å²) in [4.78, 5) is 34.7. The van der Waals surface area contributed by atoms with Crippen LogP contribution in [0, 0.1) is 6.92 Å². The first-order valence-corrected chi connectivity index (χ1v) is 6.21. The van der Waals surface area contributed by atoms with Crippen LogP contribution in [0.25, 0.3) is 0 Å². The van der Waals surface area contributed by atoms with Crippen LogP contribution in [0.3, 0.4) is 0 Å². The van der Waals surface area contributed by atoms with Gasteiger partial charge in [-0.25, -0.2) is 9.59 Å². The molecule has 0 aliphatic carbocycles. The lowest BCUT2D eigenvalue weighted by Gasteiger charge is -2.19. The Morgan fingerprint density at radius 3 is 2.43 bits per heavy atom. The van der Waals surface area contributed by atoms with Crippen LogP contribution in [-0.2, 0) is 14.3 Å². The fraction of sp³-hybridized carbons (Fsp3) is 0.357. The molecular formula is C14H17NO6. The molecule has 0 aliphatic heterocycles. The number of carbonyl (C=O) groups excluding carboxylic acids is 2. The number of benzene rings is 1. The second kappa shape index (κ2) is 7.28. The number of aliphatic carboxylic acids is 1. The van der Waals surface area contributed by atoms with Crippen LogP contribution in [0.4, 0.5) is 4.79 Å². The summed E-state index contributed by atoms with van der Waals surface area (Å²) in [6.07, 6.45) is -2.01. The molecule has 0 heterocycles. The minimum absolute atomic E-state index is 0.374. The largest absolute Gasteiger partial charge is 0.480 e. The number of carbonyl (C=O) groups is 3. The van der Waals surface area contributed by atoms with Crippen LogP contribution in [0.5, 0.6) is 0 Å². The van der Waals surface area contributed by atoms with E-state index in [0.717, 1.165) is 10.5 Å². The van der Waals surface area contributed by atoms with Gasteiger partial charge in [0.1, 0.15) is 6.54 Å². The maximum Gasteiger partial charge on any atom is 0.413 e. The Labute approximate surface area is 122 Å². The topological polar surface area (TPSA) is 93.1 Å². The van der Waals surface area contributed by atoms with Crippen LogP contribution in [0.2, 0.25) is 0 Å². The number of hydrogen-bond donors (Lipinski definition) is 1. The standard InChI is InChI=1S/C14H17NO6/c1-9-6-4-5-7-11(9)13(18)20-10(2)21-14(19)15(3)8-12(16)17/h4-7,10H,8H2,1-3H3,(H,16,17). The predicted molar refractivity (Wildman–Crippen MR) is 72.8 cm³/mol. The smallest absolute Gasteiger partial charge is 0.413 e. The van der Waals surface area contributed by atoms with Crippen LogP contribution in [0.15, 0.2) is 24.3 Å². The SMILES string of the molecule is Cc1ccccc1C(=O)OC(C)OC(=O)N(C)CC(=O)O. The van der Waals surface area contributed by atoms with Gasteiger partial charge in [0.25, 0.3) is 0 Å². The Morgan fingerprint density at radius 2 is 1.86 bits per heavy atom. The Bertz CT molecular complexity index is 542. The summed E-state index contributed by atoms with van der Waals surface area (Å²) in [6, 6.07) is 6.84. The third-order valence-electron chi connectivity index (χ3n) is 2.59. The molecular weight excluding hydrogens is 278 g/mol. The van der Waals surface area contributed by atoms with Gasteiger partial charge in [-0.05, 0) is 18.6 Å². The third kappa shape index (κ3) is 5.13. The van der Waals surface area contributed by atoms with E-state index >= 15 is 0 Å². The van der Waals surface area contributed by atoms with Crippen LogP contribution in [0.1, 0.15) is 22.8 Å². The highest BCUT2D eigenvalue weighted by Gasteiger charge is 2.20. The highest BCUT2D eigenvalue weighted by Crippen LogP contribution is 2.10. The summed E-state index contributed by atoms with van der Waals surface area (Å²) in [6.45, 7) is 2.63. The molecule has 0 aliphatic rings. The summed E-state index contributed by atoms with van der Waals surface area (Å²) < 4.78 is 9.81. The van der Waals surface area contributed by atoms with Crippen LogP contribution in [-0.4, -0.2) is 47.9 Å². The molecule has 1 unspecified atom stereocenters. The van der Waals surface area contributed by atoms with Gasteiger partial charge >= 0.3 is 18.0 Å². The average Bonchev–Trinajstić information content (AvgIpc) is 2.37. The first-order chi connectivity index (χ1) is 9.81. The van der Waals surface area contributed by atoms with Gasteiger partial charge in [0.05, 0.1) is 5.56 Å². The van der Waals surface area contributed by atoms with Gasteiger partial charge in [-0.2, -0.15) is 0 Å². The maximum atomic E-state index is 11.9. The molecule has 1 rings (SSSR count). The van der Waals surface area contributed by atoms with E-state index in [1.807, 2.05) is 0 Å². The molecule has 7 heteroatoms. The quantitative estimate of drug-likeness (QED) is 0.656. The zero-order chi connectivity index (χ0) is 16.0. The van der Waals surface area contributed by atoms with Crippen molar-refractivity contribution in [3.05, 3.63) is 35.4 Å². The summed E-state index contributed by atoms with van der Waals surface area (Å²) in [7, 11) is 1.27. The molecule has 0 aromatic heterocycles. The van der Waals surface area contributed by atoms with E-state index in [4.69, 9.17) is 14.6 Å². The minimum Gasteiger partial charge on any atom is -0.480 e. The molecule has 0 spiro atoms. The van der Waals surface area contributed by atoms with Crippen molar-refractivity contribution in [1.29, 1.82) is 0 Å². The lowest BCUT2D eigenvalue weighted by molar-refractivity contribution is -0.138. The third-order valence-corrected chi connectivity index (χ3v) is 2.59. The van der Waals surface area contributed by atoms with Gasteiger partial charge in [-0.3, -0.25) is 4.79 Å². The predicted octanol–water partition coefficient (Wildman–Crippen LogP) is 1.65. The van der Waals surface area contributed by atoms with Gasteiger partial charge in [-0.1, -0.05) is 18.2 Å². The zero-order valence-corrected chi connectivity index (χ0v) is 12.0. The van der Waals surface area contributed by atoms with Gasteiger partial charge in [0.15, 0.2) is 0 Å². The van der Waals surface area contributed by atoms with E-state index in [0.29, 0.717) is 5.56 Å². The number of aryl methyl sites for hydroxylation is 1. The fourth-order valence-corrected chi connectivity index (χ4v) is 1.54. The van der Waals surface area contributed by atoms with Crippen molar-refractivity contribution in [2.24, 2.45) is 0 Å². The highest BCUT2D eigenvalue weighted by atomic mass is 16.7. The molecule has 1 aromatic rings. The fourth-order valence-electron chi connectivity index (χ4n) is 1.54. The lowest BCUT2D eigenvalue weighted by atomic mass is 10.1. The van der Waals surface area contributed by atoms with Gasteiger partial charge < -0.3 is 19.5 Å². The van der Waals surface area contributed by atoms with E-state index in [9.17, 15) is 14.4 Å². The molecule has 0 saturated heterocycles. The number of amides is 1. The first-order valence-electron chi connectivity index (χ1n) is 6.21. The monoisotopic (exact) mass is 295 g/mol. The number of rotatable bonds is 5. The highest BCUT2D eigenvalue weighted by molar-refractivity contribution is 5.91. The number of nitrogens with zero attached hydrogens (tertiary/aromatic N) is 1. The molecule has 1 amide bonds. The molecule has 114 valence electrons. The minimum atomic E-state index is -1.17. The second-order valence-corrected chi connectivity index (χ2v) is 4.42. The Morgan fingerprint density at radius 1 is 1.24 bits per heavy atom. The summed E-state index contributed by atoms with van der Waals surface area (Å²) in [5.74, 6) is -1.78. The van der Waals surface area contributed by atoms with E-state index in [2.05, 4.69) is 0 Å². The Kier molecular flexibility index (Phi) is 5.71. The zero-order valence-electron chi connectivity index (χ0n) is 12.0. The van der Waals surface area contributed by atoms with Crippen LogP contribution >= 0.6 is 0 Å². The number of carboxylic acid groups (broad SMARTS) is 1. The molecule has 0 radical (unpaired) electrons. The van der Waals surface area contributed by atoms with Crippen molar-refractivity contribution >= 4 is 18.0 Å². The van der Waals surface area contributed by atoms with Gasteiger partial charge in [0, 0.05) is 14.0 Å². The normalized spacial score (nSPS) is 11.4. The number of ether oxygens (including phenoxy) is 2. The van der Waals surface area contributed by atoms with E-state index in [1.165, 1.54) is 14.0 Å². The number of carboxylic acids is 1. The average molecular weight is 295 g/mol. The molecule has 1 atom stereocenters. The van der Waals surface area contributed by atoms with Crippen molar-refractivity contribution in [1.82, 2.24) is 4.90 Å². The molecule has 0 saturated carbocycles. The van der Waals surface area contributed by atoms with Crippen molar-refractivity contribution < 1.29 is 29.0 Å². The van der Waals surface area contributed by atoms with E-state index in [1.54, 1.807) is 31.2 Å². The summed E-state index contributed by atoms with van der Waals surface area (Å²) >= 11 is 0. The molecule has 1 aromatic carbocycles. The Hall–Kier alpha value is -2.57. The van der Waals surface area contributed by atoms with Crippen molar-refractivity contribution in [2.75, 3.05) is 13.6 Å². The van der Waals surface area contributed by atoms with Gasteiger partial charge in [0.2, 0.25) is 6.29 Å². The van der Waals surface area contributed by atoms with E-state index < -0.39 is 30.9 Å². The number of esters is 1. The van der Waals surface area contributed by atoms with Gasteiger partial charge in [-0.15, -0.1) is 0 Å². The van der Waals surface area contributed by atoms with Crippen molar-refractivity contribution in [3.63, 3.8) is 0 Å². The molecule has 0 fully saturated rings. The Balaban J connectivity index is 2.56. The van der Waals surface area contributed by atoms with Crippen molar-refractivity contribution in [3.8, 4) is 0 Å². The van der Waals surface area contributed by atoms with Crippen LogP contribution < -0.4 is 0 Å². The second-order valence-electron chi connectivity index (χ2n) is 4.42. The van der Waals surface area contributed by atoms with Crippen molar-refractivity contribution in [2.45, 2.75) is 20.1 Å². The number of hydrogen-bond acceptors (Lipinski definition) is 5. The summed E-state index contributed by atoms with van der Waals surface area (Å²) in [5, 5.41) is 8.56. The molecule has 7 nitrogen and oxygen atoms in total. The first kappa shape index (κ1) is 16.5. The van der Waals surface area contributed by atoms with E-state index in [-0.39, 0.29) is 0 Å².